The van der Waals surface area contributed by atoms with Crippen molar-refractivity contribution in [2.75, 3.05) is 0 Å². The van der Waals surface area contributed by atoms with E-state index >= 15 is 0 Å². The molecule has 0 saturated carbocycles. The van der Waals surface area contributed by atoms with Gasteiger partial charge >= 0.3 is 12.1 Å². The van der Waals surface area contributed by atoms with Crippen molar-refractivity contribution in [3.05, 3.63) is 91.6 Å². The summed E-state index contributed by atoms with van der Waals surface area (Å²) < 4.78 is 62.8. The Hall–Kier alpha value is -3.08. The van der Waals surface area contributed by atoms with Crippen molar-refractivity contribution in [1.82, 2.24) is 4.57 Å². The summed E-state index contributed by atoms with van der Waals surface area (Å²) in [7, 11) is 1.25. The molecule has 0 saturated heterocycles. The summed E-state index contributed by atoms with van der Waals surface area (Å²) in [4.78, 5) is 22.6. The van der Waals surface area contributed by atoms with Gasteiger partial charge in [-0.2, -0.15) is 13.2 Å². The largest absolute Gasteiger partial charge is 0.478 e. The summed E-state index contributed by atoms with van der Waals surface area (Å²) in [6, 6.07) is 7.06. The number of aryl methyl sites for hydroxylation is 1. The average molecular weight is 534 g/mol. The molecular formula is C23H17Cl2F4NO5. The maximum Gasteiger partial charge on any atom is 0.422 e. The Balaban J connectivity index is 2.04. The summed E-state index contributed by atoms with van der Waals surface area (Å²) in [5, 5.41) is 19.2. The van der Waals surface area contributed by atoms with Crippen LogP contribution < -0.4 is 10.3 Å². The maximum absolute atomic E-state index is 14.2. The third kappa shape index (κ3) is 4.86. The molecule has 3 rings (SSSR count). The Bertz CT molecular complexity index is 1360. The van der Waals surface area contributed by atoms with Crippen LogP contribution in [0.4, 0.5) is 17.6 Å². The molecule has 0 spiro atoms. The second-order valence-corrected chi connectivity index (χ2v) is 8.44. The van der Waals surface area contributed by atoms with Gasteiger partial charge in [0.25, 0.3) is 0 Å². The Morgan fingerprint density at radius 2 is 1.74 bits per heavy atom. The smallest absolute Gasteiger partial charge is 0.422 e. The van der Waals surface area contributed by atoms with E-state index in [4.69, 9.17) is 33.0 Å². The molecule has 0 aliphatic heterocycles. The average Bonchev–Trinajstić information content (AvgIpc) is 2.77. The number of carboxylic acids is 1. The molecule has 0 radical (unpaired) electrons. The van der Waals surface area contributed by atoms with Crippen LogP contribution in [0.5, 0.6) is 11.5 Å². The highest BCUT2D eigenvalue weighted by Gasteiger charge is 2.59. The quantitative estimate of drug-likeness (QED) is 0.386. The maximum atomic E-state index is 14.2. The highest BCUT2D eigenvalue weighted by Crippen LogP contribution is 2.51. The van der Waals surface area contributed by atoms with E-state index in [9.17, 15) is 32.3 Å². The van der Waals surface area contributed by atoms with Gasteiger partial charge in [-0.25, -0.2) is 9.18 Å². The molecule has 186 valence electrons. The number of carboxylic acid groups (broad SMARTS) is 1. The van der Waals surface area contributed by atoms with Gasteiger partial charge in [-0.15, -0.1) is 0 Å². The van der Waals surface area contributed by atoms with Crippen LogP contribution in [0.15, 0.2) is 53.5 Å². The van der Waals surface area contributed by atoms with E-state index in [0.717, 1.165) is 54.1 Å². The molecule has 0 bridgehead atoms. The van der Waals surface area contributed by atoms with Crippen LogP contribution in [0.25, 0.3) is 0 Å². The van der Waals surface area contributed by atoms with E-state index in [1.807, 2.05) is 0 Å². The van der Waals surface area contributed by atoms with E-state index < -0.39 is 46.2 Å². The number of nitrogens with zero attached hydrogens (tertiary/aromatic N) is 1. The lowest BCUT2D eigenvalue weighted by Gasteiger charge is -2.37. The third-order valence-corrected chi connectivity index (χ3v) is 6.41. The molecule has 2 N–H and O–H groups in total. The van der Waals surface area contributed by atoms with Crippen LogP contribution in [0.2, 0.25) is 10.0 Å². The molecule has 0 aliphatic rings. The van der Waals surface area contributed by atoms with Crippen LogP contribution in [-0.4, -0.2) is 26.9 Å². The fourth-order valence-electron chi connectivity index (χ4n) is 3.52. The number of benzene rings is 2. The number of carbonyl (C=O) groups is 1. The first-order valence-electron chi connectivity index (χ1n) is 9.83. The standard InChI is InChI=1S/C23H17Cl2F4NO5/c1-11(22(34,23(27,28)29)12-3-8-18(31)30(2)10-12)14-6-7-17(20(25)19(14)24)35-13-4-5-15(21(32)33)16(26)9-13/h3-11,34H,1-2H3,(H,32,33). The molecule has 0 aliphatic carbocycles. The Morgan fingerprint density at radius 1 is 1.09 bits per heavy atom. The van der Waals surface area contributed by atoms with Gasteiger partial charge in [0.05, 0.1) is 10.6 Å². The van der Waals surface area contributed by atoms with E-state index in [-0.39, 0.29) is 27.1 Å². The first-order chi connectivity index (χ1) is 16.2. The first kappa shape index (κ1) is 26.5. The van der Waals surface area contributed by atoms with E-state index in [1.54, 1.807) is 0 Å². The molecule has 35 heavy (non-hydrogen) atoms. The number of pyridine rings is 1. The number of alkyl halides is 3. The monoisotopic (exact) mass is 533 g/mol. The van der Waals surface area contributed by atoms with Crippen LogP contribution in [0.3, 0.4) is 0 Å². The van der Waals surface area contributed by atoms with Gasteiger partial charge in [-0.1, -0.05) is 36.2 Å². The van der Waals surface area contributed by atoms with Crippen LogP contribution in [0, 0.1) is 5.82 Å². The molecule has 2 unspecified atom stereocenters. The molecule has 12 heteroatoms. The number of aliphatic hydroxyl groups is 1. The second-order valence-electron chi connectivity index (χ2n) is 7.68. The number of aromatic nitrogens is 1. The van der Waals surface area contributed by atoms with Gasteiger partial charge in [0.2, 0.25) is 5.56 Å². The fraction of sp³-hybridized carbons (Fsp3) is 0.217. The van der Waals surface area contributed by atoms with E-state index in [1.165, 1.54) is 13.1 Å². The minimum atomic E-state index is -5.17. The normalized spacial score (nSPS) is 14.3. The molecule has 6 nitrogen and oxygen atoms in total. The van der Waals surface area contributed by atoms with Gasteiger partial charge in [0.1, 0.15) is 22.3 Å². The minimum Gasteiger partial charge on any atom is -0.478 e. The van der Waals surface area contributed by atoms with Crippen LogP contribution >= 0.6 is 23.2 Å². The minimum absolute atomic E-state index is 0.136. The number of aromatic carboxylic acids is 1. The summed E-state index contributed by atoms with van der Waals surface area (Å²) in [6.07, 6.45) is -4.28. The highest BCUT2D eigenvalue weighted by atomic mass is 35.5. The summed E-state index contributed by atoms with van der Waals surface area (Å²) in [5.74, 6) is -4.53. The molecule has 2 atom stereocenters. The zero-order chi connectivity index (χ0) is 26.3. The van der Waals surface area contributed by atoms with E-state index in [2.05, 4.69) is 0 Å². The SMILES string of the molecule is CC(c1ccc(Oc2ccc(C(=O)O)c(F)c2)c(Cl)c1Cl)C(O)(c1ccc(=O)n(C)c1)C(F)(F)F. The number of hydrogen-bond acceptors (Lipinski definition) is 4. The van der Waals surface area contributed by atoms with Gasteiger partial charge in [-0.05, 0) is 29.8 Å². The molecule has 1 heterocycles. The molecule has 0 fully saturated rings. The number of hydrogen-bond donors (Lipinski definition) is 2. The van der Waals surface area contributed by atoms with Crippen molar-refractivity contribution in [2.24, 2.45) is 7.05 Å². The van der Waals surface area contributed by atoms with Crippen molar-refractivity contribution in [3.63, 3.8) is 0 Å². The Morgan fingerprint density at radius 3 is 2.29 bits per heavy atom. The fourth-order valence-corrected chi connectivity index (χ4v) is 4.05. The summed E-state index contributed by atoms with van der Waals surface area (Å²) >= 11 is 12.5. The zero-order valence-electron chi connectivity index (χ0n) is 18.0. The third-order valence-electron chi connectivity index (χ3n) is 5.53. The van der Waals surface area contributed by atoms with Crippen molar-refractivity contribution in [1.29, 1.82) is 0 Å². The lowest BCUT2D eigenvalue weighted by atomic mass is 9.78. The summed E-state index contributed by atoms with van der Waals surface area (Å²) in [5.41, 5.74) is -5.35. The van der Waals surface area contributed by atoms with Gasteiger partial charge < -0.3 is 19.5 Å². The molecule has 3 aromatic rings. The van der Waals surface area contributed by atoms with Crippen molar-refractivity contribution < 1.29 is 37.3 Å². The zero-order valence-corrected chi connectivity index (χ0v) is 19.5. The number of ether oxygens (including phenoxy) is 1. The molecule has 0 amide bonds. The lowest BCUT2D eigenvalue weighted by molar-refractivity contribution is -0.274. The number of halogens is 6. The van der Waals surface area contributed by atoms with E-state index in [0.29, 0.717) is 0 Å². The first-order valence-corrected chi connectivity index (χ1v) is 10.6. The topological polar surface area (TPSA) is 88.8 Å². The van der Waals surface area contributed by atoms with Gasteiger partial charge in [0.15, 0.2) is 5.60 Å². The number of rotatable bonds is 6. The van der Waals surface area contributed by atoms with Crippen LogP contribution in [-0.2, 0) is 12.6 Å². The van der Waals surface area contributed by atoms with Gasteiger partial charge in [0, 0.05) is 36.9 Å². The molecule has 2 aromatic carbocycles. The molecule has 1 aromatic heterocycles. The van der Waals surface area contributed by atoms with Crippen molar-refractivity contribution in [2.45, 2.75) is 24.6 Å². The molecular weight excluding hydrogens is 517 g/mol. The second kappa shape index (κ2) is 9.52. The van der Waals surface area contributed by atoms with Gasteiger partial charge in [-0.3, -0.25) is 4.79 Å². The Kier molecular flexibility index (Phi) is 7.21. The van der Waals surface area contributed by atoms with Crippen LogP contribution in [0.1, 0.15) is 34.3 Å². The predicted octanol–water partition coefficient (Wildman–Crippen LogP) is 5.88. The van der Waals surface area contributed by atoms with Crippen molar-refractivity contribution in [3.8, 4) is 11.5 Å². The van der Waals surface area contributed by atoms with Crippen molar-refractivity contribution >= 4 is 29.2 Å². The highest BCUT2D eigenvalue weighted by molar-refractivity contribution is 6.43. The summed E-state index contributed by atoms with van der Waals surface area (Å²) in [6.45, 7) is 1.09. The predicted molar refractivity (Wildman–Crippen MR) is 120 cm³/mol. The Labute approximate surface area is 205 Å². The lowest BCUT2D eigenvalue weighted by Crippen LogP contribution is -2.47.